The minimum absolute atomic E-state index is 0.0718. The lowest BCUT2D eigenvalue weighted by molar-refractivity contribution is 0.0360. The zero-order valence-electron chi connectivity index (χ0n) is 20.8. The minimum Gasteiger partial charge on any atom is -0.456 e. The Morgan fingerprint density at radius 3 is 2.81 bits per heavy atom. The highest BCUT2D eigenvalue weighted by Gasteiger charge is 2.23. The number of aliphatic hydroxyl groups excluding tert-OH is 1. The van der Waals surface area contributed by atoms with Gasteiger partial charge >= 0.3 is 0 Å². The summed E-state index contributed by atoms with van der Waals surface area (Å²) in [6.07, 6.45) is 11.2. The number of nitrogens with one attached hydrogen (secondary N) is 1. The highest BCUT2D eigenvalue weighted by Crippen LogP contribution is 2.33. The van der Waals surface area contributed by atoms with Gasteiger partial charge in [0.25, 0.3) is 0 Å². The average Bonchev–Trinajstić information content (AvgIpc) is 3.56. The van der Waals surface area contributed by atoms with Crippen LogP contribution >= 0.6 is 11.3 Å². The molecule has 0 unspecified atom stereocenters. The van der Waals surface area contributed by atoms with E-state index in [1.165, 1.54) is 0 Å². The molecule has 1 aliphatic carbocycles. The predicted octanol–water partition coefficient (Wildman–Crippen LogP) is 4.39. The van der Waals surface area contributed by atoms with Crippen molar-refractivity contribution < 1.29 is 14.6 Å². The molecule has 4 heterocycles. The smallest absolute Gasteiger partial charge is 0.184 e. The van der Waals surface area contributed by atoms with Crippen LogP contribution < -0.4 is 10.1 Å². The molecule has 1 saturated heterocycles. The van der Waals surface area contributed by atoms with E-state index in [4.69, 9.17) is 14.5 Å². The number of hydrogen-bond donors (Lipinski definition) is 2. The van der Waals surface area contributed by atoms with Crippen LogP contribution in [-0.2, 0) is 11.3 Å². The maximum atomic E-state index is 10.3. The van der Waals surface area contributed by atoms with E-state index in [0.717, 1.165) is 97.3 Å². The Labute approximate surface area is 220 Å². The van der Waals surface area contributed by atoms with Gasteiger partial charge in [-0.2, -0.15) is 5.10 Å². The zero-order chi connectivity index (χ0) is 25.0. The third kappa shape index (κ3) is 5.93. The maximum Gasteiger partial charge on any atom is 0.184 e. The molecule has 37 heavy (non-hydrogen) atoms. The Morgan fingerprint density at radius 1 is 1.03 bits per heavy atom. The van der Waals surface area contributed by atoms with Gasteiger partial charge in [0.2, 0.25) is 0 Å². The van der Waals surface area contributed by atoms with Gasteiger partial charge in [0.1, 0.15) is 11.5 Å². The Morgan fingerprint density at radius 2 is 1.92 bits per heavy atom. The van der Waals surface area contributed by atoms with E-state index in [2.05, 4.69) is 26.5 Å². The predicted molar refractivity (Wildman–Crippen MR) is 144 cm³/mol. The van der Waals surface area contributed by atoms with Gasteiger partial charge in [-0.15, -0.1) is 0 Å². The Balaban J connectivity index is 1.11. The van der Waals surface area contributed by atoms with E-state index in [1.807, 2.05) is 41.3 Å². The molecule has 1 saturated carbocycles. The molecule has 6 rings (SSSR count). The van der Waals surface area contributed by atoms with Gasteiger partial charge in [-0.1, -0.05) is 24.2 Å². The van der Waals surface area contributed by atoms with Crippen LogP contribution in [0.25, 0.3) is 21.3 Å². The van der Waals surface area contributed by atoms with Crippen molar-refractivity contribution in [3.63, 3.8) is 0 Å². The van der Waals surface area contributed by atoms with Crippen LogP contribution in [0.2, 0.25) is 0 Å². The molecule has 2 fully saturated rings. The lowest BCUT2D eigenvalue weighted by atomic mass is 9.93. The first-order valence-electron chi connectivity index (χ1n) is 13.0. The SMILES string of the molecule is O[C@@H]1CCCC[C@H]1Nc1nc2ccc(Oc3cncc(-c4cnn(CCN5CCOCC5)c4)c3)cc2s1. The summed E-state index contributed by atoms with van der Waals surface area (Å²) in [5, 5.41) is 19.1. The molecule has 2 atom stereocenters. The number of benzene rings is 1. The van der Waals surface area contributed by atoms with E-state index in [1.54, 1.807) is 17.5 Å². The van der Waals surface area contributed by atoms with Crippen molar-refractivity contribution in [1.82, 2.24) is 24.6 Å². The summed E-state index contributed by atoms with van der Waals surface area (Å²) >= 11 is 1.58. The van der Waals surface area contributed by atoms with E-state index < -0.39 is 0 Å². The van der Waals surface area contributed by atoms with Gasteiger partial charge in [-0.25, -0.2) is 4.98 Å². The van der Waals surface area contributed by atoms with Gasteiger partial charge in [0.05, 0.1) is 54.5 Å². The maximum absolute atomic E-state index is 10.3. The molecule has 2 N–H and O–H groups in total. The van der Waals surface area contributed by atoms with E-state index >= 15 is 0 Å². The van der Waals surface area contributed by atoms with Crippen LogP contribution in [0.4, 0.5) is 5.13 Å². The fraction of sp³-hybridized carbons (Fsp3) is 0.444. The second kappa shape index (κ2) is 11.1. The highest BCUT2D eigenvalue weighted by molar-refractivity contribution is 7.22. The topological polar surface area (TPSA) is 97.6 Å². The van der Waals surface area contributed by atoms with Crippen molar-refractivity contribution >= 4 is 26.7 Å². The van der Waals surface area contributed by atoms with Crippen molar-refractivity contribution in [3.05, 3.63) is 49.1 Å². The number of anilines is 1. The second-order valence-corrected chi connectivity index (χ2v) is 10.7. The fourth-order valence-electron chi connectivity index (χ4n) is 4.94. The monoisotopic (exact) mass is 520 g/mol. The molecule has 3 aromatic heterocycles. The molecule has 10 heteroatoms. The largest absolute Gasteiger partial charge is 0.456 e. The molecule has 0 spiro atoms. The third-order valence-corrected chi connectivity index (χ3v) is 8.01. The number of rotatable bonds is 8. The number of nitrogens with zero attached hydrogens (tertiary/aromatic N) is 5. The van der Waals surface area contributed by atoms with Crippen LogP contribution in [-0.4, -0.2) is 74.7 Å². The number of fused-ring (bicyclic) bond motifs is 1. The Bertz CT molecular complexity index is 1330. The summed E-state index contributed by atoms with van der Waals surface area (Å²) in [6.45, 7) is 5.38. The zero-order valence-corrected chi connectivity index (χ0v) is 21.6. The molecule has 0 radical (unpaired) electrons. The summed E-state index contributed by atoms with van der Waals surface area (Å²) in [4.78, 5) is 11.5. The molecular weight excluding hydrogens is 488 g/mol. The van der Waals surface area contributed by atoms with Crippen molar-refractivity contribution in [1.29, 1.82) is 0 Å². The van der Waals surface area contributed by atoms with Crippen LogP contribution in [0.1, 0.15) is 25.7 Å². The van der Waals surface area contributed by atoms with E-state index in [0.29, 0.717) is 5.75 Å². The van der Waals surface area contributed by atoms with Gasteiger partial charge in [0, 0.05) is 49.2 Å². The van der Waals surface area contributed by atoms with Gasteiger partial charge in [-0.3, -0.25) is 14.6 Å². The van der Waals surface area contributed by atoms with E-state index in [9.17, 15) is 5.11 Å². The minimum atomic E-state index is -0.309. The Kier molecular flexibility index (Phi) is 7.31. The normalized spacial score (nSPS) is 20.8. The quantitative estimate of drug-likeness (QED) is 0.353. The molecule has 0 amide bonds. The molecule has 0 bridgehead atoms. The summed E-state index contributed by atoms with van der Waals surface area (Å²) in [6, 6.07) is 7.97. The number of aromatic nitrogens is 4. The van der Waals surface area contributed by atoms with Gasteiger partial charge < -0.3 is 19.9 Å². The second-order valence-electron chi connectivity index (χ2n) is 9.71. The number of ether oxygens (including phenoxy) is 2. The van der Waals surface area contributed by atoms with Crippen LogP contribution in [0.5, 0.6) is 11.5 Å². The molecule has 194 valence electrons. The lowest BCUT2D eigenvalue weighted by Gasteiger charge is -2.27. The summed E-state index contributed by atoms with van der Waals surface area (Å²) < 4.78 is 14.6. The number of pyridine rings is 1. The molecule has 4 aromatic rings. The summed E-state index contributed by atoms with van der Waals surface area (Å²) in [5.74, 6) is 1.41. The fourth-order valence-corrected chi connectivity index (χ4v) is 5.90. The summed E-state index contributed by atoms with van der Waals surface area (Å²) in [7, 11) is 0. The number of morpholine rings is 1. The Hall–Kier alpha value is -3.05. The number of aliphatic hydroxyl groups is 1. The first-order chi connectivity index (χ1) is 18.2. The highest BCUT2D eigenvalue weighted by atomic mass is 32.1. The van der Waals surface area contributed by atoms with Crippen molar-refractivity contribution in [2.45, 2.75) is 44.4 Å². The van der Waals surface area contributed by atoms with Crippen molar-refractivity contribution in [2.24, 2.45) is 0 Å². The lowest BCUT2D eigenvalue weighted by Crippen LogP contribution is -2.38. The third-order valence-electron chi connectivity index (χ3n) is 7.06. The molecule has 2 aliphatic rings. The van der Waals surface area contributed by atoms with Gasteiger partial charge in [-0.05, 0) is 31.0 Å². The standard InChI is InChI=1S/C27H32N6O3S/c34-25-4-2-1-3-23(25)30-27-31-24-6-5-21(14-26(24)37-27)36-22-13-19(15-28-17-22)20-16-29-33(18-20)8-7-32-9-11-35-12-10-32/h5-6,13-18,23,25,34H,1-4,7-12H2,(H,30,31)/t23-,25-/m1/s1. The first-order valence-corrected chi connectivity index (χ1v) is 13.8. The molecule has 1 aromatic carbocycles. The van der Waals surface area contributed by atoms with Crippen molar-refractivity contribution in [2.75, 3.05) is 38.2 Å². The average molecular weight is 521 g/mol. The van der Waals surface area contributed by atoms with E-state index in [-0.39, 0.29) is 12.1 Å². The van der Waals surface area contributed by atoms with Crippen LogP contribution in [0, 0.1) is 0 Å². The van der Waals surface area contributed by atoms with Crippen LogP contribution in [0.15, 0.2) is 49.1 Å². The number of hydrogen-bond acceptors (Lipinski definition) is 9. The molecular formula is C27H32N6O3S. The van der Waals surface area contributed by atoms with Gasteiger partial charge in [0.15, 0.2) is 5.13 Å². The van der Waals surface area contributed by atoms with Crippen molar-refractivity contribution in [3.8, 4) is 22.6 Å². The summed E-state index contributed by atoms with van der Waals surface area (Å²) in [5.41, 5.74) is 2.89. The molecule has 9 nitrogen and oxygen atoms in total. The first kappa shape index (κ1) is 24.3. The van der Waals surface area contributed by atoms with Crippen LogP contribution in [0.3, 0.4) is 0 Å². The number of thiazole rings is 1. The molecule has 1 aliphatic heterocycles.